The van der Waals surface area contributed by atoms with E-state index in [1.54, 1.807) is 4.90 Å². The number of carbonyl (C=O) groups is 2. The molecule has 4 heteroatoms. The van der Waals surface area contributed by atoms with Crippen LogP contribution in [0, 0.1) is 11.3 Å². The summed E-state index contributed by atoms with van der Waals surface area (Å²) in [6.45, 7) is 7.71. The predicted molar refractivity (Wildman–Crippen MR) is 61.0 cm³/mol. The number of hydrogen-bond donors (Lipinski definition) is 1. The zero-order valence-corrected chi connectivity index (χ0v) is 10.5. The molecule has 1 heterocycles. The van der Waals surface area contributed by atoms with E-state index in [1.165, 1.54) is 13.8 Å². The third-order valence-electron chi connectivity index (χ3n) is 3.45. The van der Waals surface area contributed by atoms with Gasteiger partial charge in [0.15, 0.2) is 0 Å². The number of hydrogen-bond acceptors (Lipinski definition) is 2. The molecule has 1 rings (SSSR count). The number of likely N-dealkylation sites (tertiary alicyclic amines) is 1. The van der Waals surface area contributed by atoms with Crippen molar-refractivity contribution in [3.05, 3.63) is 0 Å². The van der Waals surface area contributed by atoms with E-state index in [4.69, 9.17) is 5.11 Å². The maximum atomic E-state index is 12.2. The predicted octanol–water partition coefficient (Wildman–Crippen LogP) is 1.74. The van der Waals surface area contributed by atoms with Crippen molar-refractivity contribution in [3.8, 4) is 0 Å². The van der Waals surface area contributed by atoms with Crippen LogP contribution in [0.15, 0.2) is 0 Å². The van der Waals surface area contributed by atoms with Crippen molar-refractivity contribution in [2.75, 3.05) is 6.54 Å². The molecule has 2 unspecified atom stereocenters. The molecular formula is C12H21NO3. The average molecular weight is 227 g/mol. The van der Waals surface area contributed by atoms with E-state index in [1.807, 2.05) is 6.92 Å². The largest absolute Gasteiger partial charge is 0.480 e. The maximum Gasteiger partial charge on any atom is 0.318 e. The fourth-order valence-electron chi connectivity index (χ4n) is 2.02. The van der Waals surface area contributed by atoms with Crippen molar-refractivity contribution in [2.24, 2.45) is 11.3 Å². The van der Waals surface area contributed by atoms with Crippen molar-refractivity contribution in [1.29, 1.82) is 0 Å². The number of rotatable bonds is 2. The van der Waals surface area contributed by atoms with E-state index in [0.717, 1.165) is 12.8 Å². The molecule has 1 fully saturated rings. The fraction of sp³-hybridized carbons (Fsp3) is 0.833. The van der Waals surface area contributed by atoms with Gasteiger partial charge in [0.05, 0.1) is 0 Å². The number of aliphatic carboxylic acids is 1. The second-order valence-electron chi connectivity index (χ2n) is 5.42. The molecule has 0 aromatic rings. The smallest absolute Gasteiger partial charge is 0.318 e. The molecule has 1 saturated heterocycles. The molecule has 0 aromatic heterocycles. The highest BCUT2D eigenvalue weighted by atomic mass is 16.4. The molecule has 0 bridgehead atoms. The monoisotopic (exact) mass is 227 g/mol. The minimum absolute atomic E-state index is 0.155. The van der Waals surface area contributed by atoms with Crippen molar-refractivity contribution in [3.63, 3.8) is 0 Å². The summed E-state index contributed by atoms with van der Waals surface area (Å²) in [7, 11) is 0. The Kier molecular flexibility index (Phi) is 3.61. The van der Waals surface area contributed by atoms with Gasteiger partial charge < -0.3 is 10.0 Å². The Bertz CT molecular complexity index is 299. The first-order valence-corrected chi connectivity index (χ1v) is 5.81. The summed E-state index contributed by atoms with van der Waals surface area (Å²) in [5.74, 6) is -0.855. The summed E-state index contributed by atoms with van der Waals surface area (Å²) >= 11 is 0. The second kappa shape index (κ2) is 4.44. The van der Waals surface area contributed by atoms with Crippen LogP contribution >= 0.6 is 0 Å². The van der Waals surface area contributed by atoms with Gasteiger partial charge in [-0.1, -0.05) is 6.92 Å². The molecule has 0 radical (unpaired) electrons. The van der Waals surface area contributed by atoms with Crippen molar-refractivity contribution in [2.45, 2.75) is 46.6 Å². The van der Waals surface area contributed by atoms with Gasteiger partial charge >= 0.3 is 5.97 Å². The average Bonchev–Trinajstić information content (AvgIpc) is 2.20. The number of carbonyl (C=O) groups excluding carboxylic acids is 1. The molecule has 2 atom stereocenters. The quantitative estimate of drug-likeness (QED) is 0.731. The van der Waals surface area contributed by atoms with Crippen molar-refractivity contribution >= 4 is 11.9 Å². The van der Waals surface area contributed by atoms with Gasteiger partial charge in [-0.05, 0) is 39.5 Å². The SMILES string of the molecule is CC1CCC(C)N(C(=O)C(C)(C)C(=O)O)C1. The molecule has 4 nitrogen and oxygen atoms in total. The molecule has 1 amide bonds. The van der Waals surface area contributed by atoms with Gasteiger partial charge in [-0.25, -0.2) is 0 Å². The lowest BCUT2D eigenvalue weighted by molar-refractivity contribution is -0.160. The van der Waals surface area contributed by atoms with Gasteiger partial charge in [-0.15, -0.1) is 0 Å². The highest BCUT2D eigenvalue weighted by Crippen LogP contribution is 2.27. The summed E-state index contributed by atoms with van der Waals surface area (Å²) in [6.07, 6.45) is 2.07. The lowest BCUT2D eigenvalue weighted by atomic mass is 9.87. The molecule has 1 aliphatic rings. The first kappa shape index (κ1) is 13.0. The standard InChI is InChI=1S/C12H21NO3/c1-8-5-6-9(2)13(7-8)10(14)12(3,4)11(15)16/h8-9H,5-7H2,1-4H3,(H,15,16). The van der Waals surface area contributed by atoms with Crippen LogP contribution in [0.5, 0.6) is 0 Å². The van der Waals surface area contributed by atoms with Crippen LogP contribution in [0.1, 0.15) is 40.5 Å². The van der Waals surface area contributed by atoms with E-state index in [0.29, 0.717) is 12.5 Å². The third-order valence-corrected chi connectivity index (χ3v) is 3.45. The Morgan fingerprint density at radius 3 is 2.31 bits per heavy atom. The first-order valence-electron chi connectivity index (χ1n) is 5.81. The van der Waals surface area contributed by atoms with Crippen molar-refractivity contribution in [1.82, 2.24) is 4.90 Å². The van der Waals surface area contributed by atoms with E-state index in [2.05, 4.69) is 6.92 Å². The summed E-state index contributed by atoms with van der Waals surface area (Å²) in [6, 6.07) is 0.155. The summed E-state index contributed by atoms with van der Waals surface area (Å²) < 4.78 is 0. The maximum absolute atomic E-state index is 12.2. The van der Waals surface area contributed by atoms with Crippen LogP contribution in [0.3, 0.4) is 0 Å². The molecule has 0 aliphatic carbocycles. The van der Waals surface area contributed by atoms with Crippen LogP contribution in [-0.4, -0.2) is 34.5 Å². The summed E-state index contributed by atoms with van der Waals surface area (Å²) in [5, 5.41) is 9.05. The minimum Gasteiger partial charge on any atom is -0.480 e. The number of amides is 1. The Hall–Kier alpha value is -1.06. The van der Waals surface area contributed by atoms with Crippen LogP contribution in [0.25, 0.3) is 0 Å². The number of carboxylic acid groups (broad SMARTS) is 1. The van der Waals surface area contributed by atoms with Gasteiger partial charge in [0, 0.05) is 12.6 Å². The molecule has 92 valence electrons. The molecule has 1 N–H and O–H groups in total. The molecule has 0 spiro atoms. The van der Waals surface area contributed by atoms with Crippen molar-refractivity contribution < 1.29 is 14.7 Å². The van der Waals surface area contributed by atoms with Gasteiger partial charge in [0.1, 0.15) is 5.41 Å². The van der Waals surface area contributed by atoms with Gasteiger partial charge in [-0.3, -0.25) is 9.59 Å². The molecule has 0 aromatic carbocycles. The summed E-state index contributed by atoms with van der Waals surface area (Å²) in [4.78, 5) is 24.9. The van der Waals surface area contributed by atoms with E-state index >= 15 is 0 Å². The van der Waals surface area contributed by atoms with Crippen LogP contribution in [0.2, 0.25) is 0 Å². The number of nitrogens with zero attached hydrogens (tertiary/aromatic N) is 1. The Morgan fingerprint density at radius 2 is 1.81 bits per heavy atom. The van der Waals surface area contributed by atoms with Gasteiger partial charge in [-0.2, -0.15) is 0 Å². The zero-order valence-electron chi connectivity index (χ0n) is 10.5. The van der Waals surface area contributed by atoms with E-state index < -0.39 is 11.4 Å². The number of carboxylic acids is 1. The topological polar surface area (TPSA) is 57.6 Å². The molecule has 1 aliphatic heterocycles. The highest BCUT2D eigenvalue weighted by Gasteiger charge is 2.41. The summed E-state index contributed by atoms with van der Waals surface area (Å²) in [5.41, 5.74) is -1.31. The Morgan fingerprint density at radius 1 is 1.25 bits per heavy atom. The zero-order chi connectivity index (χ0) is 12.5. The van der Waals surface area contributed by atoms with Crippen LogP contribution < -0.4 is 0 Å². The molecule has 16 heavy (non-hydrogen) atoms. The van der Waals surface area contributed by atoms with E-state index in [-0.39, 0.29) is 11.9 Å². The van der Waals surface area contributed by atoms with E-state index in [9.17, 15) is 9.59 Å². The Labute approximate surface area is 96.6 Å². The molecular weight excluding hydrogens is 206 g/mol. The highest BCUT2D eigenvalue weighted by molar-refractivity contribution is 6.01. The lowest BCUT2D eigenvalue weighted by Gasteiger charge is -2.39. The minimum atomic E-state index is -1.31. The third kappa shape index (κ3) is 2.36. The lowest BCUT2D eigenvalue weighted by Crippen LogP contribution is -2.52. The van der Waals surface area contributed by atoms with Gasteiger partial charge in [0.25, 0.3) is 0 Å². The molecule has 0 saturated carbocycles. The van der Waals surface area contributed by atoms with Gasteiger partial charge in [0.2, 0.25) is 5.91 Å². The van der Waals surface area contributed by atoms with Crippen LogP contribution in [-0.2, 0) is 9.59 Å². The first-order chi connectivity index (χ1) is 7.26. The number of piperidine rings is 1. The second-order valence-corrected chi connectivity index (χ2v) is 5.42. The fourth-order valence-corrected chi connectivity index (χ4v) is 2.02. The normalized spacial score (nSPS) is 26.6. The Balaban J connectivity index is 2.83. The van der Waals surface area contributed by atoms with Crippen LogP contribution in [0.4, 0.5) is 0 Å².